The molecule has 1 aromatic heterocycles. The molecule has 3 aromatic rings. The number of benzene rings is 2. The van der Waals surface area contributed by atoms with Crippen LogP contribution in [0.2, 0.25) is 0 Å². The van der Waals surface area contributed by atoms with Crippen LogP contribution in [-0.2, 0) is 6.54 Å². The van der Waals surface area contributed by atoms with Gasteiger partial charge >= 0.3 is 0 Å². The fraction of sp³-hybridized carbons (Fsp3) is 0.300. The monoisotopic (exact) mass is 415 g/mol. The second-order valence-corrected chi connectivity index (χ2v) is 7.31. The second kappa shape index (κ2) is 10.0. The lowest BCUT2D eigenvalue weighted by Crippen LogP contribution is -2.24. The van der Waals surface area contributed by atoms with Crippen LogP contribution < -0.4 is 10.3 Å². The molecule has 0 aliphatic heterocycles. The number of ether oxygens (including phenoxy) is 1. The van der Waals surface area contributed by atoms with Crippen molar-refractivity contribution in [3.8, 4) is 5.75 Å². The van der Waals surface area contributed by atoms with E-state index in [4.69, 9.17) is 9.84 Å². The van der Waals surface area contributed by atoms with Gasteiger partial charge in [0.2, 0.25) is 0 Å². The SMILES string of the molecule is O=c1c2ccccc2nc(SCCCOc2ccc([N+](=O)[O-])cc2)n1CCCO. The molecule has 152 valence electrons. The summed E-state index contributed by atoms with van der Waals surface area (Å²) in [6.07, 6.45) is 1.20. The largest absolute Gasteiger partial charge is 0.494 e. The third-order valence-electron chi connectivity index (χ3n) is 4.20. The van der Waals surface area contributed by atoms with Crippen molar-refractivity contribution in [2.24, 2.45) is 0 Å². The number of nitro benzene ring substituents is 1. The molecular formula is C20H21N3O5S. The molecule has 0 amide bonds. The van der Waals surface area contributed by atoms with Crippen LogP contribution in [0.1, 0.15) is 12.8 Å². The Bertz CT molecular complexity index is 1040. The molecule has 2 aromatic carbocycles. The number of fused-ring (bicyclic) bond motifs is 1. The Hall–Kier alpha value is -2.91. The average Bonchev–Trinajstić information content (AvgIpc) is 2.73. The Labute approximate surface area is 171 Å². The van der Waals surface area contributed by atoms with Crippen LogP contribution in [0.5, 0.6) is 5.75 Å². The van der Waals surface area contributed by atoms with Crippen molar-refractivity contribution in [1.29, 1.82) is 0 Å². The number of aromatic nitrogens is 2. The molecule has 3 rings (SSSR count). The average molecular weight is 415 g/mol. The van der Waals surface area contributed by atoms with Gasteiger partial charge < -0.3 is 9.84 Å². The second-order valence-electron chi connectivity index (χ2n) is 6.25. The van der Waals surface area contributed by atoms with E-state index < -0.39 is 4.92 Å². The van der Waals surface area contributed by atoms with Gasteiger partial charge in [-0.1, -0.05) is 23.9 Å². The van der Waals surface area contributed by atoms with Crippen LogP contribution in [0.4, 0.5) is 5.69 Å². The van der Waals surface area contributed by atoms with E-state index in [0.717, 1.165) is 0 Å². The van der Waals surface area contributed by atoms with Gasteiger partial charge in [-0.15, -0.1) is 0 Å². The molecule has 1 N–H and O–H groups in total. The van der Waals surface area contributed by atoms with Crippen molar-refractivity contribution in [2.75, 3.05) is 19.0 Å². The summed E-state index contributed by atoms with van der Waals surface area (Å²) in [7, 11) is 0. The van der Waals surface area contributed by atoms with Crippen LogP contribution >= 0.6 is 11.8 Å². The molecule has 0 atom stereocenters. The fourth-order valence-electron chi connectivity index (χ4n) is 2.76. The summed E-state index contributed by atoms with van der Waals surface area (Å²) >= 11 is 1.47. The number of aliphatic hydroxyl groups is 1. The van der Waals surface area contributed by atoms with Crippen LogP contribution in [0, 0.1) is 10.1 Å². The predicted molar refractivity (Wildman–Crippen MR) is 112 cm³/mol. The summed E-state index contributed by atoms with van der Waals surface area (Å²) in [4.78, 5) is 27.6. The molecule has 0 aliphatic carbocycles. The number of thioether (sulfide) groups is 1. The maximum absolute atomic E-state index is 12.8. The molecule has 0 radical (unpaired) electrons. The minimum Gasteiger partial charge on any atom is -0.494 e. The number of hydrogen-bond acceptors (Lipinski definition) is 7. The minimum atomic E-state index is -0.451. The minimum absolute atomic E-state index is 0.00640. The van der Waals surface area contributed by atoms with Crippen LogP contribution in [0.25, 0.3) is 10.9 Å². The highest BCUT2D eigenvalue weighted by Gasteiger charge is 2.11. The number of para-hydroxylation sites is 1. The zero-order valence-corrected chi connectivity index (χ0v) is 16.5. The van der Waals surface area contributed by atoms with Gasteiger partial charge in [0.25, 0.3) is 11.2 Å². The molecule has 29 heavy (non-hydrogen) atoms. The number of non-ortho nitro benzene ring substituents is 1. The molecule has 0 fully saturated rings. The summed E-state index contributed by atoms with van der Waals surface area (Å²) in [5.74, 6) is 1.26. The highest BCUT2D eigenvalue weighted by Crippen LogP contribution is 2.20. The van der Waals surface area contributed by atoms with Crippen LogP contribution in [-0.4, -0.2) is 38.5 Å². The van der Waals surface area contributed by atoms with Gasteiger partial charge in [-0.05, 0) is 37.1 Å². The van der Waals surface area contributed by atoms with E-state index >= 15 is 0 Å². The molecule has 0 bridgehead atoms. The Balaban J connectivity index is 1.60. The molecule has 0 aliphatic rings. The van der Waals surface area contributed by atoms with Crippen molar-refractivity contribution in [3.05, 3.63) is 69.0 Å². The quantitative estimate of drug-likeness (QED) is 0.178. The first-order valence-electron chi connectivity index (χ1n) is 9.20. The normalized spacial score (nSPS) is 10.9. The van der Waals surface area contributed by atoms with Gasteiger partial charge in [0.1, 0.15) is 5.75 Å². The number of aliphatic hydroxyl groups excluding tert-OH is 1. The summed E-state index contributed by atoms with van der Waals surface area (Å²) in [6.45, 7) is 0.862. The lowest BCUT2D eigenvalue weighted by molar-refractivity contribution is -0.384. The molecular weight excluding hydrogens is 394 g/mol. The van der Waals surface area contributed by atoms with E-state index in [9.17, 15) is 14.9 Å². The van der Waals surface area contributed by atoms with Gasteiger partial charge in [0.05, 0.1) is 22.4 Å². The molecule has 0 saturated heterocycles. The molecule has 0 spiro atoms. The highest BCUT2D eigenvalue weighted by atomic mass is 32.2. The smallest absolute Gasteiger partial charge is 0.269 e. The first-order valence-corrected chi connectivity index (χ1v) is 10.2. The maximum Gasteiger partial charge on any atom is 0.269 e. The lowest BCUT2D eigenvalue weighted by Gasteiger charge is -2.12. The van der Waals surface area contributed by atoms with E-state index in [1.807, 2.05) is 18.2 Å². The van der Waals surface area contributed by atoms with Gasteiger partial charge in [-0.3, -0.25) is 19.5 Å². The maximum atomic E-state index is 12.8. The van der Waals surface area contributed by atoms with Gasteiger partial charge in [0.15, 0.2) is 5.16 Å². The Morgan fingerprint density at radius 1 is 1.14 bits per heavy atom. The van der Waals surface area contributed by atoms with E-state index in [0.29, 0.717) is 53.6 Å². The number of nitro groups is 1. The number of rotatable bonds is 10. The lowest BCUT2D eigenvalue weighted by atomic mass is 10.2. The third kappa shape index (κ3) is 5.33. The molecule has 0 unspecified atom stereocenters. The predicted octanol–water partition coefficient (Wildman–Crippen LogP) is 3.25. The first-order chi connectivity index (χ1) is 14.1. The Morgan fingerprint density at radius 3 is 2.62 bits per heavy atom. The molecule has 9 heteroatoms. The Kier molecular flexibility index (Phi) is 7.20. The standard InChI is InChI=1S/C20H21N3O5S/c24-12-3-11-22-19(25)17-5-1-2-6-18(17)21-20(22)29-14-4-13-28-16-9-7-15(8-10-16)23(26)27/h1-2,5-10,24H,3-4,11-14H2. The van der Waals surface area contributed by atoms with E-state index in [2.05, 4.69) is 4.98 Å². The summed E-state index contributed by atoms with van der Waals surface area (Å²) in [5, 5.41) is 21.0. The number of hydrogen-bond donors (Lipinski definition) is 1. The van der Waals surface area contributed by atoms with Crippen molar-refractivity contribution in [2.45, 2.75) is 24.5 Å². The van der Waals surface area contributed by atoms with E-state index in [1.165, 1.54) is 23.9 Å². The molecule has 0 saturated carbocycles. The Morgan fingerprint density at radius 2 is 1.90 bits per heavy atom. The van der Waals surface area contributed by atoms with Gasteiger partial charge in [0, 0.05) is 31.0 Å². The van der Waals surface area contributed by atoms with Crippen LogP contribution in [0.3, 0.4) is 0 Å². The summed E-state index contributed by atoms with van der Waals surface area (Å²) < 4.78 is 7.22. The summed E-state index contributed by atoms with van der Waals surface area (Å²) in [6, 6.07) is 13.2. The summed E-state index contributed by atoms with van der Waals surface area (Å²) in [5.41, 5.74) is 0.576. The molecule has 8 nitrogen and oxygen atoms in total. The van der Waals surface area contributed by atoms with Crippen LogP contribution in [0.15, 0.2) is 58.5 Å². The zero-order chi connectivity index (χ0) is 20.6. The van der Waals surface area contributed by atoms with Crippen molar-refractivity contribution < 1.29 is 14.8 Å². The van der Waals surface area contributed by atoms with E-state index in [1.54, 1.807) is 22.8 Å². The molecule has 1 heterocycles. The zero-order valence-electron chi connectivity index (χ0n) is 15.7. The van der Waals surface area contributed by atoms with Gasteiger partial charge in [-0.2, -0.15) is 0 Å². The fourth-order valence-corrected chi connectivity index (χ4v) is 3.70. The first kappa shape index (κ1) is 20.8. The van der Waals surface area contributed by atoms with Gasteiger partial charge in [-0.25, -0.2) is 4.98 Å². The third-order valence-corrected chi connectivity index (χ3v) is 5.27. The van der Waals surface area contributed by atoms with Crippen molar-refractivity contribution in [1.82, 2.24) is 9.55 Å². The topological polar surface area (TPSA) is 107 Å². The van der Waals surface area contributed by atoms with Crippen molar-refractivity contribution >= 4 is 28.4 Å². The van der Waals surface area contributed by atoms with Crippen molar-refractivity contribution in [3.63, 3.8) is 0 Å². The number of nitrogens with zero attached hydrogens (tertiary/aromatic N) is 3. The highest BCUT2D eigenvalue weighted by molar-refractivity contribution is 7.99. The van der Waals surface area contributed by atoms with E-state index in [-0.39, 0.29) is 17.9 Å².